The van der Waals surface area contributed by atoms with Crippen LogP contribution in [0.4, 0.5) is 0 Å². The standard InChI is InChI=1S/C24H25ClN2O6/c1-29-18-12-15(13-19(30-2)21(18)31-3)22-27-26-20(33-22)14-32-23(28)24(10-4-5-11-24)16-6-8-17(25)9-7-16/h6-9,12-13H,4-5,10-11,14H2,1-3H3. The largest absolute Gasteiger partial charge is 0.493 e. The first-order valence-electron chi connectivity index (χ1n) is 10.6. The first-order valence-corrected chi connectivity index (χ1v) is 10.9. The van der Waals surface area contributed by atoms with Crippen LogP contribution in [0.1, 0.15) is 37.1 Å². The number of hydrogen-bond donors (Lipinski definition) is 0. The van der Waals surface area contributed by atoms with Gasteiger partial charge in [-0.3, -0.25) is 4.79 Å². The minimum Gasteiger partial charge on any atom is -0.493 e. The molecule has 0 saturated heterocycles. The monoisotopic (exact) mass is 472 g/mol. The molecule has 4 rings (SSSR count). The molecular weight excluding hydrogens is 448 g/mol. The fourth-order valence-electron chi connectivity index (χ4n) is 4.26. The Morgan fingerprint density at radius 3 is 2.21 bits per heavy atom. The second-order valence-corrected chi connectivity index (χ2v) is 8.22. The molecule has 33 heavy (non-hydrogen) atoms. The van der Waals surface area contributed by atoms with Gasteiger partial charge in [0.1, 0.15) is 0 Å². The van der Waals surface area contributed by atoms with E-state index in [0.717, 1.165) is 31.2 Å². The average Bonchev–Trinajstić information content (AvgIpc) is 3.53. The molecule has 2 aromatic carbocycles. The molecule has 0 amide bonds. The molecule has 1 saturated carbocycles. The van der Waals surface area contributed by atoms with E-state index in [1.165, 1.54) is 21.3 Å². The van der Waals surface area contributed by atoms with E-state index in [0.29, 0.717) is 27.8 Å². The highest BCUT2D eigenvalue weighted by Gasteiger charge is 2.44. The number of halogens is 1. The maximum absolute atomic E-state index is 13.1. The molecule has 0 radical (unpaired) electrons. The number of nitrogens with zero attached hydrogens (tertiary/aromatic N) is 2. The third-order valence-electron chi connectivity index (χ3n) is 5.95. The third kappa shape index (κ3) is 4.48. The van der Waals surface area contributed by atoms with Crippen molar-refractivity contribution in [1.82, 2.24) is 10.2 Å². The van der Waals surface area contributed by atoms with Gasteiger partial charge in [0.15, 0.2) is 18.1 Å². The van der Waals surface area contributed by atoms with Gasteiger partial charge in [0.2, 0.25) is 11.6 Å². The summed E-state index contributed by atoms with van der Waals surface area (Å²) in [6, 6.07) is 10.8. The molecule has 0 atom stereocenters. The van der Waals surface area contributed by atoms with Crippen LogP contribution in [0.3, 0.4) is 0 Å². The number of carbonyl (C=O) groups is 1. The highest BCUT2D eigenvalue weighted by Crippen LogP contribution is 2.43. The molecule has 1 aliphatic carbocycles. The quantitative estimate of drug-likeness (QED) is 0.424. The zero-order valence-electron chi connectivity index (χ0n) is 18.7. The lowest BCUT2D eigenvalue weighted by atomic mass is 9.79. The minimum absolute atomic E-state index is 0.119. The van der Waals surface area contributed by atoms with Crippen LogP contribution in [0.5, 0.6) is 17.2 Å². The summed E-state index contributed by atoms with van der Waals surface area (Å²) >= 11 is 6.03. The van der Waals surface area contributed by atoms with E-state index >= 15 is 0 Å². The van der Waals surface area contributed by atoms with Crippen LogP contribution in [-0.2, 0) is 21.6 Å². The smallest absolute Gasteiger partial charge is 0.317 e. The number of aromatic nitrogens is 2. The van der Waals surface area contributed by atoms with Crippen LogP contribution in [0, 0.1) is 0 Å². The second kappa shape index (κ2) is 9.70. The molecule has 0 N–H and O–H groups in total. The summed E-state index contributed by atoms with van der Waals surface area (Å²) < 4.78 is 27.5. The predicted octanol–water partition coefficient (Wildman–Crippen LogP) is 4.97. The van der Waals surface area contributed by atoms with Crippen molar-refractivity contribution in [3.8, 4) is 28.7 Å². The third-order valence-corrected chi connectivity index (χ3v) is 6.20. The Labute approximate surface area is 196 Å². The fraction of sp³-hybridized carbons (Fsp3) is 0.375. The van der Waals surface area contributed by atoms with Crippen LogP contribution in [0.2, 0.25) is 5.02 Å². The van der Waals surface area contributed by atoms with Gasteiger partial charge in [0.25, 0.3) is 5.89 Å². The van der Waals surface area contributed by atoms with Crippen LogP contribution in [0.15, 0.2) is 40.8 Å². The van der Waals surface area contributed by atoms with Crippen LogP contribution in [0.25, 0.3) is 11.5 Å². The van der Waals surface area contributed by atoms with Gasteiger partial charge < -0.3 is 23.4 Å². The molecule has 3 aromatic rings. The SMILES string of the molecule is COc1cc(-c2nnc(COC(=O)C3(c4ccc(Cl)cc4)CCCC3)o2)cc(OC)c1OC. The second-order valence-electron chi connectivity index (χ2n) is 7.79. The summed E-state index contributed by atoms with van der Waals surface area (Å²) in [5, 5.41) is 8.74. The summed E-state index contributed by atoms with van der Waals surface area (Å²) in [6.07, 6.45) is 3.38. The van der Waals surface area contributed by atoms with Gasteiger partial charge in [-0.2, -0.15) is 0 Å². The van der Waals surface area contributed by atoms with E-state index in [9.17, 15) is 4.79 Å². The van der Waals surface area contributed by atoms with E-state index in [1.54, 1.807) is 24.3 Å². The van der Waals surface area contributed by atoms with E-state index in [4.69, 9.17) is 35.0 Å². The van der Waals surface area contributed by atoms with Crippen molar-refractivity contribution in [3.63, 3.8) is 0 Å². The lowest BCUT2D eigenvalue weighted by molar-refractivity contribution is -0.152. The van der Waals surface area contributed by atoms with Crippen molar-refractivity contribution >= 4 is 17.6 Å². The number of esters is 1. The molecule has 1 aliphatic rings. The van der Waals surface area contributed by atoms with Gasteiger partial charge >= 0.3 is 5.97 Å². The molecule has 1 aromatic heterocycles. The Hall–Kier alpha value is -3.26. The summed E-state index contributed by atoms with van der Waals surface area (Å²) in [7, 11) is 4.58. The van der Waals surface area contributed by atoms with Crippen LogP contribution < -0.4 is 14.2 Å². The lowest BCUT2D eigenvalue weighted by Gasteiger charge is -2.27. The van der Waals surface area contributed by atoms with E-state index in [1.807, 2.05) is 12.1 Å². The fourth-order valence-corrected chi connectivity index (χ4v) is 4.38. The van der Waals surface area contributed by atoms with E-state index in [2.05, 4.69) is 10.2 Å². The molecule has 174 valence electrons. The Morgan fingerprint density at radius 1 is 1.00 bits per heavy atom. The zero-order chi connectivity index (χ0) is 23.4. The topological polar surface area (TPSA) is 92.9 Å². The molecule has 0 unspecified atom stereocenters. The average molecular weight is 473 g/mol. The lowest BCUT2D eigenvalue weighted by Crippen LogP contribution is -2.34. The molecule has 0 bridgehead atoms. The van der Waals surface area contributed by atoms with Crippen LogP contribution >= 0.6 is 11.6 Å². The van der Waals surface area contributed by atoms with Crippen molar-refractivity contribution in [3.05, 3.63) is 52.9 Å². The molecular formula is C24H25ClN2O6. The molecule has 0 aliphatic heterocycles. The zero-order valence-corrected chi connectivity index (χ0v) is 19.5. The molecule has 1 fully saturated rings. The van der Waals surface area contributed by atoms with Crippen molar-refractivity contribution in [1.29, 1.82) is 0 Å². The van der Waals surface area contributed by atoms with Gasteiger partial charge in [0.05, 0.1) is 26.7 Å². The van der Waals surface area contributed by atoms with Crippen LogP contribution in [-0.4, -0.2) is 37.5 Å². The number of benzene rings is 2. The van der Waals surface area contributed by atoms with Gasteiger partial charge in [-0.1, -0.05) is 36.6 Å². The summed E-state index contributed by atoms with van der Waals surface area (Å²) in [5.41, 5.74) is 0.825. The molecule has 1 heterocycles. The highest BCUT2D eigenvalue weighted by molar-refractivity contribution is 6.30. The highest BCUT2D eigenvalue weighted by atomic mass is 35.5. The maximum atomic E-state index is 13.1. The minimum atomic E-state index is -0.676. The first-order chi connectivity index (χ1) is 16.0. The summed E-state index contributed by atoms with van der Waals surface area (Å²) in [4.78, 5) is 13.1. The molecule has 9 heteroatoms. The van der Waals surface area contributed by atoms with Gasteiger partial charge in [0, 0.05) is 10.6 Å². The summed E-state index contributed by atoms with van der Waals surface area (Å²) in [6.45, 7) is -0.119. The van der Waals surface area contributed by atoms with Gasteiger partial charge in [-0.15, -0.1) is 10.2 Å². The number of methoxy groups -OCH3 is 3. The first kappa shape index (κ1) is 22.9. The normalized spacial score (nSPS) is 14.7. The van der Waals surface area contributed by atoms with E-state index in [-0.39, 0.29) is 24.4 Å². The van der Waals surface area contributed by atoms with Crippen molar-refractivity contribution in [2.45, 2.75) is 37.7 Å². The Morgan fingerprint density at radius 2 is 1.64 bits per heavy atom. The molecule has 8 nitrogen and oxygen atoms in total. The van der Waals surface area contributed by atoms with Crippen molar-refractivity contribution in [2.24, 2.45) is 0 Å². The Bertz CT molecular complexity index is 1100. The van der Waals surface area contributed by atoms with Gasteiger partial charge in [-0.25, -0.2) is 0 Å². The maximum Gasteiger partial charge on any atom is 0.317 e. The molecule has 0 spiro atoms. The number of hydrogen-bond acceptors (Lipinski definition) is 8. The number of ether oxygens (including phenoxy) is 4. The Balaban J connectivity index is 1.51. The number of carbonyl (C=O) groups excluding carboxylic acids is 1. The van der Waals surface area contributed by atoms with Crippen molar-refractivity contribution in [2.75, 3.05) is 21.3 Å². The summed E-state index contributed by atoms with van der Waals surface area (Å²) in [5.74, 6) is 1.52. The predicted molar refractivity (Wildman–Crippen MR) is 121 cm³/mol. The van der Waals surface area contributed by atoms with Gasteiger partial charge in [-0.05, 0) is 42.7 Å². The van der Waals surface area contributed by atoms with E-state index < -0.39 is 5.41 Å². The Kier molecular flexibility index (Phi) is 6.74. The van der Waals surface area contributed by atoms with Crippen molar-refractivity contribution < 1.29 is 28.2 Å². The number of rotatable bonds is 8.